The minimum Gasteiger partial charge on any atom is -0.480 e. The number of nitrogens with zero attached hydrogens (tertiary/aromatic N) is 1. The van der Waals surface area contributed by atoms with Crippen molar-refractivity contribution in [2.75, 3.05) is 10.0 Å². The molecule has 4 aromatic rings. The van der Waals surface area contributed by atoms with Gasteiger partial charge in [-0.3, -0.25) is 9.52 Å². The molecule has 0 saturated heterocycles. The lowest BCUT2D eigenvalue weighted by molar-refractivity contribution is -0.122. The summed E-state index contributed by atoms with van der Waals surface area (Å²) < 4.78 is 33.5. The highest BCUT2D eigenvalue weighted by Crippen LogP contribution is 2.27. The number of benzene rings is 3. The molecule has 3 aromatic carbocycles. The third-order valence-corrected chi connectivity index (χ3v) is 6.39. The molecule has 168 valence electrons. The maximum Gasteiger partial charge on any atom is 0.265 e. The van der Waals surface area contributed by atoms with E-state index < -0.39 is 16.1 Å². The van der Waals surface area contributed by atoms with Crippen molar-refractivity contribution in [1.29, 1.82) is 0 Å². The first-order chi connectivity index (χ1) is 16.0. The highest BCUT2D eigenvalue weighted by atomic mass is 32.2. The average molecular weight is 462 g/mol. The Morgan fingerprint density at radius 3 is 2.39 bits per heavy atom. The Kier molecular flexibility index (Phi) is 6.55. The summed E-state index contributed by atoms with van der Waals surface area (Å²) >= 11 is 0. The van der Waals surface area contributed by atoms with E-state index in [9.17, 15) is 13.2 Å². The molecule has 33 heavy (non-hydrogen) atoms. The smallest absolute Gasteiger partial charge is 0.265 e. The molecule has 1 heterocycles. The number of carbonyl (C=O) groups excluding carboxylic acids is 1. The van der Waals surface area contributed by atoms with E-state index in [1.54, 1.807) is 18.2 Å². The zero-order valence-electron chi connectivity index (χ0n) is 17.9. The van der Waals surface area contributed by atoms with Crippen LogP contribution in [0.3, 0.4) is 0 Å². The van der Waals surface area contributed by atoms with Crippen molar-refractivity contribution in [3.05, 3.63) is 91.1 Å². The summed E-state index contributed by atoms with van der Waals surface area (Å²) in [5, 5.41) is 4.76. The number of nitrogens with one attached hydrogen (secondary N) is 2. The summed E-state index contributed by atoms with van der Waals surface area (Å²) in [6, 6.07) is 24.4. The molecule has 1 aromatic heterocycles. The summed E-state index contributed by atoms with van der Waals surface area (Å²) in [7, 11) is -3.79. The number of rotatable bonds is 8. The molecule has 0 saturated carbocycles. The third kappa shape index (κ3) is 5.30. The lowest BCUT2D eigenvalue weighted by Crippen LogP contribution is -2.32. The highest BCUT2D eigenvalue weighted by Gasteiger charge is 2.20. The molecule has 1 amide bonds. The SMILES string of the molecule is CC[C@H](Oc1cccc2ccccc12)C(=O)Nc1ccc(S(=O)(=O)Nc2ccccn2)cc1. The number of fused-ring (bicyclic) bond motifs is 1. The Balaban J connectivity index is 1.45. The molecular weight excluding hydrogens is 438 g/mol. The monoisotopic (exact) mass is 461 g/mol. The van der Waals surface area contributed by atoms with E-state index in [0.717, 1.165) is 10.8 Å². The second kappa shape index (κ2) is 9.70. The van der Waals surface area contributed by atoms with Crippen LogP contribution in [0.25, 0.3) is 10.8 Å². The Morgan fingerprint density at radius 2 is 1.67 bits per heavy atom. The Hall–Kier alpha value is -3.91. The first-order valence-corrected chi connectivity index (χ1v) is 11.9. The van der Waals surface area contributed by atoms with Crippen molar-refractivity contribution in [1.82, 2.24) is 4.98 Å². The van der Waals surface area contributed by atoms with Crippen LogP contribution in [0.1, 0.15) is 13.3 Å². The van der Waals surface area contributed by atoms with Gasteiger partial charge >= 0.3 is 0 Å². The van der Waals surface area contributed by atoms with Gasteiger partial charge in [0.1, 0.15) is 11.6 Å². The molecule has 0 radical (unpaired) electrons. The molecule has 0 aliphatic heterocycles. The van der Waals surface area contributed by atoms with Crippen LogP contribution in [-0.4, -0.2) is 25.4 Å². The van der Waals surface area contributed by atoms with Crippen molar-refractivity contribution in [3.63, 3.8) is 0 Å². The van der Waals surface area contributed by atoms with Gasteiger partial charge in [0.25, 0.3) is 15.9 Å². The Morgan fingerprint density at radius 1 is 0.939 bits per heavy atom. The van der Waals surface area contributed by atoms with Gasteiger partial charge in [0.15, 0.2) is 6.10 Å². The number of amides is 1. The van der Waals surface area contributed by atoms with E-state index in [1.165, 1.54) is 30.5 Å². The van der Waals surface area contributed by atoms with Crippen LogP contribution in [0.4, 0.5) is 11.5 Å². The molecule has 0 fully saturated rings. The number of anilines is 2. The summed E-state index contributed by atoms with van der Waals surface area (Å²) in [5.41, 5.74) is 0.469. The number of hydrogen-bond donors (Lipinski definition) is 2. The number of sulfonamides is 1. The van der Waals surface area contributed by atoms with Crippen molar-refractivity contribution in [2.24, 2.45) is 0 Å². The van der Waals surface area contributed by atoms with Crippen LogP contribution in [0.15, 0.2) is 96.0 Å². The van der Waals surface area contributed by atoms with Crippen LogP contribution < -0.4 is 14.8 Å². The van der Waals surface area contributed by atoms with Gasteiger partial charge < -0.3 is 10.1 Å². The summed E-state index contributed by atoms with van der Waals surface area (Å²) in [6.07, 6.45) is 1.27. The molecule has 1 atom stereocenters. The van der Waals surface area contributed by atoms with E-state index in [2.05, 4.69) is 15.0 Å². The van der Waals surface area contributed by atoms with E-state index >= 15 is 0 Å². The summed E-state index contributed by atoms with van der Waals surface area (Å²) in [4.78, 5) is 16.9. The fourth-order valence-electron chi connectivity index (χ4n) is 3.33. The average Bonchev–Trinajstić information content (AvgIpc) is 2.83. The van der Waals surface area contributed by atoms with E-state index in [-0.39, 0.29) is 16.6 Å². The number of aromatic nitrogens is 1. The standard InChI is InChI=1S/C25H23N3O4S/c1-2-22(32-23-11-7-9-18-8-3-4-10-21(18)23)25(29)27-19-13-15-20(16-14-19)33(30,31)28-24-12-5-6-17-26-24/h3-17,22H,2H2,1H3,(H,26,28)(H,27,29)/t22-/m0/s1. The molecule has 4 rings (SSSR count). The first-order valence-electron chi connectivity index (χ1n) is 10.5. The van der Waals surface area contributed by atoms with Gasteiger partial charge in [0, 0.05) is 17.3 Å². The van der Waals surface area contributed by atoms with Gasteiger partial charge in [0.2, 0.25) is 0 Å². The van der Waals surface area contributed by atoms with Crippen molar-refractivity contribution < 1.29 is 17.9 Å². The fourth-order valence-corrected chi connectivity index (χ4v) is 4.34. The maximum absolute atomic E-state index is 12.8. The van der Waals surface area contributed by atoms with Crippen LogP contribution in [0.5, 0.6) is 5.75 Å². The number of hydrogen-bond acceptors (Lipinski definition) is 5. The quantitative estimate of drug-likeness (QED) is 0.392. The zero-order valence-corrected chi connectivity index (χ0v) is 18.7. The van der Waals surface area contributed by atoms with Gasteiger partial charge in [-0.1, -0.05) is 49.4 Å². The lowest BCUT2D eigenvalue weighted by Gasteiger charge is -2.18. The number of pyridine rings is 1. The largest absolute Gasteiger partial charge is 0.480 e. The minimum atomic E-state index is -3.79. The van der Waals surface area contributed by atoms with Crippen LogP contribution in [-0.2, 0) is 14.8 Å². The molecule has 8 heteroatoms. The first kappa shape index (κ1) is 22.3. The number of ether oxygens (including phenoxy) is 1. The van der Waals surface area contributed by atoms with Gasteiger partial charge in [-0.25, -0.2) is 13.4 Å². The van der Waals surface area contributed by atoms with Gasteiger partial charge in [-0.2, -0.15) is 0 Å². The van der Waals surface area contributed by atoms with Gasteiger partial charge in [-0.05, 0) is 54.3 Å². The second-order valence-electron chi connectivity index (χ2n) is 7.33. The molecule has 0 aliphatic carbocycles. The van der Waals surface area contributed by atoms with Crippen LogP contribution >= 0.6 is 0 Å². The number of carbonyl (C=O) groups is 1. The molecule has 0 unspecified atom stereocenters. The molecule has 0 aliphatic rings. The topological polar surface area (TPSA) is 97.4 Å². The van der Waals surface area contributed by atoms with E-state index in [0.29, 0.717) is 17.9 Å². The summed E-state index contributed by atoms with van der Waals surface area (Å²) in [6.45, 7) is 1.87. The summed E-state index contributed by atoms with van der Waals surface area (Å²) in [5.74, 6) is 0.552. The van der Waals surface area contributed by atoms with Gasteiger partial charge in [0.05, 0.1) is 4.90 Å². The van der Waals surface area contributed by atoms with Crippen molar-refractivity contribution in [3.8, 4) is 5.75 Å². The third-order valence-electron chi connectivity index (χ3n) is 5.02. The highest BCUT2D eigenvalue weighted by molar-refractivity contribution is 7.92. The Labute approximate surface area is 192 Å². The van der Waals surface area contributed by atoms with E-state index in [1.807, 2.05) is 49.4 Å². The predicted octanol–water partition coefficient (Wildman–Crippen LogP) is 4.83. The van der Waals surface area contributed by atoms with Gasteiger partial charge in [-0.15, -0.1) is 0 Å². The fraction of sp³-hybridized carbons (Fsp3) is 0.120. The minimum absolute atomic E-state index is 0.0604. The van der Waals surface area contributed by atoms with Crippen LogP contribution in [0, 0.1) is 0 Å². The normalized spacial score (nSPS) is 12.2. The Bertz CT molecular complexity index is 1350. The second-order valence-corrected chi connectivity index (χ2v) is 9.01. The zero-order chi connectivity index (χ0) is 23.3. The predicted molar refractivity (Wildman–Crippen MR) is 129 cm³/mol. The van der Waals surface area contributed by atoms with Crippen molar-refractivity contribution >= 4 is 38.2 Å². The lowest BCUT2D eigenvalue weighted by atomic mass is 10.1. The molecule has 2 N–H and O–H groups in total. The van der Waals surface area contributed by atoms with Crippen LogP contribution in [0.2, 0.25) is 0 Å². The van der Waals surface area contributed by atoms with Crippen molar-refractivity contribution in [2.45, 2.75) is 24.3 Å². The van der Waals surface area contributed by atoms with E-state index in [4.69, 9.17) is 4.74 Å². The molecule has 7 nitrogen and oxygen atoms in total. The maximum atomic E-state index is 12.8. The molecule has 0 bridgehead atoms. The molecule has 0 spiro atoms. The molecular formula is C25H23N3O4S.